The van der Waals surface area contributed by atoms with E-state index >= 15 is 0 Å². The van der Waals surface area contributed by atoms with Gasteiger partial charge in [0.05, 0.1) is 11.9 Å². The number of carbonyl (C=O) groups is 1. The molecule has 1 amide bonds. The van der Waals surface area contributed by atoms with Crippen molar-refractivity contribution in [2.24, 2.45) is 0 Å². The van der Waals surface area contributed by atoms with Crippen LogP contribution >= 0.6 is 11.3 Å². The van der Waals surface area contributed by atoms with Gasteiger partial charge in [0.2, 0.25) is 0 Å². The topological polar surface area (TPSA) is 71.8 Å². The van der Waals surface area contributed by atoms with Crippen molar-refractivity contribution in [2.75, 3.05) is 18.9 Å². The summed E-state index contributed by atoms with van der Waals surface area (Å²) in [5, 5.41) is 12.6. The molecule has 0 spiro atoms. The summed E-state index contributed by atoms with van der Waals surface area (Å²) >= 11 is 1.41. The third-order valence-corrected chi connectivity index (χ3v) is 4.17. The zero-order valence-corrected chi connectivity index (χ0v) is 13.5. The molecule has 118 valence electrons. The highest BCUT2D eigenvalue weighted by atomic mass is 32.1. The van der Waals surface area contributed by atoms with E-state index in [1.165, 1.54) is 11.3 Å². The SMILES string of the molecule is CNc1nc(C(=O)NCCc2cnn(-c3ccccc3)c2)cs1. The molecule has 0 aliphatic heterocycles. The van der Waals surface area contributed by atoms with Crippen LogP contribution in [-0.2, 0) is 6.42 Å². The number of amides is 1. The fourth-order valence-corrected chi connectivity index (χ4v) is 2.77. The van der Waals surface area contributed by atoms with Crippen LogP contribution < -0.4 is 10.6 Å². The van der Waals surface area contributed by atoms with Gasteiger partial charge in [0.1, 0.15) is 5.69 Å². The van der Waals surface area contributed by atoms with Gasteiger partial charge in [-0.3, -0.25) is 4.79 Å². The van der Waals surface area contributed by atoms with Gasteiger partial charge in [0.15, 0.2) is 5.13 Å². The maximum atomic E-state index is 12.0. The van der Waals surface area contributed by atoms with E-state index < -0.39 is 0 Å². The molecule has 0 fully saturated rings. The van der Waals surface area contributed by atoms with E-state index in [0.717, 1.165) is 22.8 Å². The van der Waals surface area contributed by atoms with Gasteiger partial charge >= 0.3 is 0 Å². The predicted octanol–water partition coefficient (Wildman–Crippen LogP) is 2.34. The first-order valence-electron chi connectivity index (χ1n) is 7.26. The highest BCUT2D eigenvalue weighted by Crippen LogP contribution is 2.14. The van der Waals surface area contributed by atoms with Crippen molar-refractivity contribution in [2.45, 2.75) is 6.42 Å². The predicted molar refractivity (Wildman–Crippen MR) is 91.3 cm³/mol. The molecule has 2 aromatic heterocycles. The third kappa shape index (κ3) is 3.75. The molecule has 0 saturated carbocycles. The van der Waals surface area contributed by atoms with Crippen molar-refractivity contribution >= 4 is 22.4 Å². The van der Waals surface area contributed by atoms with Crippen LogP contribution in [-0.4, -0.2) is 34.3 Å². The molecule has 0 bridgehead atoms. The Labute approximate surface area is 138 Å². The first-order valence-corrected chi connectivity index (χ1v) is 8.14. The van der Waals surface area contributed by atoms with Gasteiger partial charge in [-0.15, -0.1) is 11.3 Å². The highest BCUT2D eigenvalue weighted by molar-refractivity contribution is 7.13. The van der Waals surface area contributed by atoms with E-state index in [1.807, 2.05) is 47.4 Å². The van der Waals surface area contributed by atoms with Gasteiger partial charge in [-0.2, -0.15) is 5.10 Å². The lowest BCUT2D eigenvalue weighted by atomic mass is 10.2. The minimum atomic E-state index is -0.154. The summed E-state index contributed by atoms with van der Waals surface area (Å²) in [7, 11) is 1.78. The number of nitrogens with one attached hydrogen (secondary N) is 2. The zero-order valence-electron chi connectivity index (χ0n) is 12.7. The van der Waals surface area contributed by atoms with E-state index in [9.17, 15) is 4.79 Å². The standard InChI is InChI=1S/C16H17N5OS/c1-17-16-20-14(11-23-16)15(22)18-8-7-12-9-19-21(10-12)13-5-3-2-4-6-13/h2-6,9-11H,7-8H2,1H3,(H,17,20)(H,18,22). The Hall–Kier alpha value is -2.67. The molecule has 0 aliphatic carbocycles. The summed E-state index contributed by atoms with van der Waals surface area (Å²) in [6.07, 6.45) is 4.52. The van der Waals surface area contributed by atoms with E-state index in [0.29, 0.717) is 12.2 Å². The number of hydrogen-bond acceptors (Lipinski definition) is 5. The molecule has 0 radical (unpaired) electrons. The molecule has 2 N–H and O–H groups in total. The smallest absolute Gasteiger partial charge is 0.270 e. The summed E-state index contributed by atoms with van der Waals surface area (Å²) in [5.74, 6) is -0.154. The second kappa shape index (κ2) is 7.06. The van der Waals surface area contributed by atoms with Crippen molar-refractivity contribution in [3.8, 4) is 5.69 Å². The van der Waals surface area contributed by atoms with E-state index in [4.69, 9.17) is 0 Å². The molecule has 0 unspecified atom stereocenters. The number of anilines is 1. The lowest BCUT2D eigenvalue weighted by molar-refractivity contribution is 0.0950. The number of nitrogens with zero attached hydrogens (tertiary/aromatic N) is 3. The van der Waals surface area contributed by atoms with E-state index in [1.54, 1.807) is 12.4 Å². The van der Waals surface area contributed by atoms with Crippen LogP contribution in [0.5, 0.6) is 0 Å². The van der Waals surface area contributed by atoms with Gasteiger partial charge in [-0.1, -0.05) is 18.2 Å². The maximum Gasteiger partial charge on any atom is 0.270 e. The van der Waals surface area contributed by atoms with Gasteiger partial charge in [0, 0.05) is 25.2 Å². The lowest BCUT2D eigenvalue weighted by Gasteiger charge is -2.02. The monoisotopic (exact) mass is 327 g/mol. The number of aromatic nitrogens is 3. The Kier molecular flexibility index (Phi) is 4.68. The van der Waals surface area contributed by atoms with Crippen LogP contribution in [0.4, 0.5) is 5.13 Å². The normalized spacial score (nSPS) is 10.5. The summed E-state index contributed by atoms with van der Waals surface area (Å²) in [6.45, 7) is 0.547. The molecule has 7 heteroatoms. The Morgan fingerprint density at radius 3 is 2.87 bits per heavy atom. The molecule has 3 aromatic rings. The Morgan fingerprint density at radius 1 is 1.30 bits per heavy atom. The van der Waals surface area contributed by atoms with Crippen molar-refractivity contribution in [3.05, 3.63) is 59.4 Å². The second-order valence-electron chi connectivity index (χ2n) is 4.92. The Morgan fingerprint density at radius 2 is 2.13 bits per heavy atom. The van der Waals surface area contributed by atoms with Crippen LogP contribution in [0.15, 0.2) is 48.1 Å². The highest BCUT2D eigenvalue weighted by Gasteiger charge is 2.09. The largest absolute Gasteiger partial charge is 0.365 e. The van der Waals surface area contributed by atoms with E-state index in [-0.39, 0.29) is 5.91 Å². The van der Waals surface area contributed by atoms with E-state index in [2.05, 4.69) is 20.7 Å². The average molecular weight is 327 g/mol. The molecular weight excluding hydrogens is 310 g/mol. The molecule has 6 nitrogen and oxygen atoms in total. The number of carbonyl (C=O) groups excluding carboxylic acids is 1. The molecular formula is C16H17N5OS. The van der Waals surface area contributed by atoms with Gasteiger partial charge in [-0.25, -0.2) is 9.67 Å². The van der Waals surface area contributed by atoms with Crippen molar-refractivity contribution in [1.29, 1.82) is 0 Å². The van der Waals surface area contributed by atoms with Crippen LogP contribution in [0, 0.1) is 0 Å². The van der Waals surface area contributed by atoms with Crippen LogP contribution in [0.2, 0.25) is 0 Å². The van der Waals surface area contributed by atoms with Gasteiger partial charge in [-0.05, 0) is 24.1 Å². The van der Waals surface area contributed by atoms with Crippen LogP contribution in [0.25, 0.3) is 5.69 Å². The lowest BCUT2D eigenvalue weighted by Crippen LogP contribution is -2.25. The van der Waals surface area contributed by atoms with Gasteiger partial charge < -0.3 is 10.6 Å². The fraction of sp³-hybridized carbons (Fsp3) is 0.188. The number of para-hydroxylation sites is 1. The summed E-state index contributed by atoms with van der Waals surface area (Å²) in [6, 6.07) is 9.93. The van der Waals surface area contributed by atoms with Crippen molar-refractivity contribution in [3.63, 3.8) is 0 Å². The number of rotatable bonds is 6. The molecule has 0 aliphatic rings. The second-order valence-corrected chi connectivity index (χ2v) is 5.78. The summed E-state index contributed by atoms with van der Waals surface area (Å²) in [4.78, 5) is 16.2. The fourth-order valence-electron chi connectivity index (χ4n) is 2.11. The molecule has 2 heterocycles. The molecule has 0 atom stereocenters. The Balaban J connectivity index is 1.53. The third-order valence-electron chi connectivity index (χ3n) is 3.31. The zero-order chi connectivity index (χ0) is 16.1. The Bertz CT molecular complexity index is 781. The number of thiazole rings is 1. The molecule has 23 heavy (non-hydrogen) atoms. The number of hydrogen-bond donors (Lipinski definition) is 2. The van der Waals surface area contributed by atoms with Crippen molar-refractivity contribution < 1.29 is 4.79 Å². The number of benzene rings is 1. The van der Waals surface area contributed by atoms with Crippen LogP contribution in [0.3, 0.4) is 0 Å². The first-order chi connectivity index (χ1) is 11.3. The first kappa shape index (κ1) is 15.2. The van der Waals surface area contributed by atoms with Crippen LogP contribution in [0.1, 0.15) is 16.1 Å². The maximum absolute atomic E-state index is 12.0. The van der Waals surface area contributed by atoms with Crippen molar-refractivity contribution in [1.82, 2.24) is 20.1 Å². The summed E-state index contributed by atoms with van der Waals surface area (Å²) in [5.41, 5.74) is 2.53. The quantitative estimate of drug-likeness (QED) is 0.729. The molecule has 0 saturated heterocycles. The minimum absolute atomic E-state index is 0.154. The molecule has 1 aromatic carbocycles. The average Bonchev–Trinajstić information content (AvgIpc) is 3.25. The summed E-state index contributed by atoms with van der Waals surface area (Å²) < 4.78 is 1.83. The molecule has 3 rings (SSSR count). The van der Waals surface area contributed by atoms with Gasteiger partial charge in [0.25, 0.3) is 5.91 Å². The minimum Gasteiger partial charge on any atom is -0.365 e.